The maximum atomic E-state index is 12.3. The third-order valence-corrected chi connectivity index (χ3v) is 6.91. The first-order chi connectivity index (χ1) is 11.1. The van der Waals surface area contributed by atoms with Crippen LogP contribution in [0.15, 0.2) is 28.2 Å². The topological polar surface area (TPSA) is 29.5 Å². The maximum Gasteiger partial charge on any atom is 0.310 e. The number of methoxy groups -OCH3 is 1. The predicted molar refractivity (Wildman–Crippen MR) is 94.3 cm³/mol. The van der Waals surface area contributed by atoms with Gasteiger partial charge in [0.1, 0.15) is 0 Å². The molecule has 0 saturated carbocycles. The van der Waals surface area contributed by atoms with E-state index in [1.807, 2.05) is 12.1 Å². The van der Waals surface area contributed by atoms with Crippen LogP contribution in [0.4, 0.5) is 0 Å². The fourth-order valence-electron chi connectivity index (χ4n) is 4.70. The molecule has 5 rings (SSSR count). The van der Waals surface area contributed by atoms with Crippen LogP contribution in [0.1, 0.15) is 24.8 Å². The normalized spacial score (nSPS) is 36.5. The third-order valence-electron chi connectivity index (χ3n) is 5.68. The fraction of sp³-hybridized carbons (Fsp3) is 0.500. The molecule has 122 valence electrons. The quantitative estimate of drug-likeness (QED) is 0.704. The Morgan fingerprint density at radius 1 is 1.43 bits per heavy atom. The first-order valence-corrected chi connectivity index (χ1v) is 9.24. The molecule has 23 heavy (non-hydrogen) atoms. The van der Waals surface area contributed by atoms with E-state index in [0.717, 1.165) is 29.4 Å². The number of hydrogen-bond donors (Lipinski definition) is 0. The zero-order valence-corrected chi connectivity index (χ0v) is 15.3. The van der Waals surface area contributed by atoms with E-state index in [9.17, 15) is 4.79 Å². The van der Waals surface area contributed by atoms with Gasteiger partial charge in [-0.25, -0.2) is 0 Å². The number of rotatable bonds is 2. The molecule has 4 aliphatic heterocycles. The van der Waals surface area contributed by atoms with Crippen LogP contribution in [0.2, 0.25) is 5.02 Å². The minimum Gasteiger partial charge on any atom is -0.469 e. The van der Waals surface area contributed by atoms with E-state index in [2.05, 4.69) is 33.0 Å². The summed E-state index contributed by atoms with van der Waals surface area (Å²) in [6, 6.07) is 7.02. The molecule has 3 nitrogen and oxygen atoms in total. The second kappa shape index (κ2) is 5.91. The fourth-order valence-corrected chi connectivity index (χ4v) is 5.13. The number of halogens is 2. The number of hydrogen-bond acceptors (Lipinski definition) is 3. The predicted octanol–water partition coefficient (Wildman–Crippen LogP) is 4.14. The van der Waals surface area contributed by atoms with Crippen LogP contribution < -0.4 is 0 Å². The van der Waals surface area contributed by atoms with E-state index >= 15 is 0 Å². The minimum absolute atomic E-state index is 0.00956. The van der Waals surface area contributed by atoms with E-state index in [0.29, 0.717) is 23.0 Å². The van der Waals surface area contributed by atoms with Crippen LogP contribution in [0.5, 0.6) is 0 Å². The van der Waals surface area contributed by atoms with Crippen molar-refractivity contribution in [2.75, 3.05) is 13.7 Å². The second-order valence-electron chi connectivity index (χ2n) is 6.75. The molecular formula is C18H19BrClNO2. The Balaban J connectivity index is 1.69. The van der Waals surface area contributed by atoms with Crippen molar-refractivity contribution in [1.29, 1.82) is 0 Å². The first kappa shape index (κ1) is 15.7. The Morgan fingerprint density at radius 2 is 2.26 bits per heavy atom. The van der Waals surface area contributed by atoms with Crippen LogP contribution in [0.3, 0.4) is 0 Å². The molecule has 5 atom stereocenters. The minimum atomic E-state index is -0.0511. The largest absolute Gasteiger partial charge is 0.469 e. The van der Waals surface area contributed by atoms with Gasteiger partial charge in [0, 0.05) is 23.1 Å². The van der Waals surface area contributed by atoms with E-state index in [4.69, 9.17) is 16.3 Å². The van der Waals surface area contributed by atoms with Crippen molar-refractivity contribution in [2.45, 2.75) is 31.3 Å². The second-order valence-corrected chi connectivity index (χ2v) is 8.02. The highest BCUT2D eigenvalue weighted by molar-refractivity contribution is 9.10. The Kier molecular flexibility index (Phi) is 4.02. The van der Waals surface area contributed by atoms with Gasteiger partial charge >= 0.3 is 5.97 Å². The number of carbonyl (C=O) groups excluding carboxylic acids is 1. The lowest BCUT2D eigenvalue weighted by Crippen LogP contribution is -2.58. The van der Waals surface area contributed by atoms with Gasteiger partial charge in [-0.1, -0.05) is 29.3 Å². The van der Waals surface area contributed by atoms with Crippen molar-refractivity contribution < 1.29 is 9.53 Å². The van der Waals surface area contributed by atoms with Gasteiger partial charge in [0.25, 0.3) is 0 Å². The van der Waals surface area contributed by atoms with Gasteiger partial charge in [-0.15, -0.1) is 0 Å². The molecule has 0 amide bonds. The van der Waals surface area contributed by atoms with Gasteiger partial charge in [0.2, 0.25) is 0 Å². The molecule has 0 spiro atoms. The van der Waals surface area contributed by atoms with E-state index in [-0.39, 0.29) is 11.9 Å². The number of ether oxygens (including phenoxy) is 1. The lowest BCUT2D eigenvalue weighted by atomic mass is 9.71. The summed E-state index contributed by atoms with van der Waals surface area (Å²) in [4.78, 5) is 14.9. The zero-order valence-electron chi connectivity index (χ0n) is 13.0. The highest BCUT2D eigenvalue weighted by Crippen LogP contribution is 2.50. The van der Waals surface area contributed by atoms with E-state index < -0.39 is 0 Å². The number of fused-ring (bicyclic) bond motifs is 1. The van der Waals surface area contributed by atoms with Gasteiger partial charge in [0.15, 0.2) is 0 Å². The molecule has 0 aromatic heterocycles. The van der Waals surface area contributed by atoms with Gasteiger partial charge in [-0.2, -0.15) is 0 Å². The molecule has 4 saturated heterocycles. The average molecular weight is 397 g/mol. The van der Waals surface area contributed by atoms with Crippen LogP contribution in [0, 0.1) is 11.8 Å². The lowest BCUT2D eigenvalue weighted by molar-refractivity contribution is -0.153. The highest BCUT2D eigenvalue weighted by atomic mass is 79.9. The van der Waals surface area contributed by atoms with Gasteiger partial charge < -0.3 is 4.74 Å². The van der Waals surface area contributed by atoms with Crippen molar-refractivity contribution >= 4 is 39.6 Å². The van der Waals surface area contributed by atoms with Crippen LogP contribution in [0.25, 0.3) is 6.08 Å². The van der Waals surface area contributed by atoms with Crippen molar-refractivity contribution in [2.24, 2.45) is 11.8 Å². The van der Waals surface area contributed by atoms with Crippen molar-refractivity contribution in [3.05, 3.63) is 38.8 Å². The molecule has 1 aromatic rings. The van der Waals surface area contributed by atoms with Crippen LogP contribution in [-0.2, 0) is 9.53 Å². The standard InChI is InChI=1S/C18H19BrClNO2/c1-23-18(22)17-13-8-12-3-5-16(17)21(12)9-11(13)6-10-2-4-14(19)15(20)7-10/h2,4,6-7,12-13,16-17H,3,5,8-9H2,1H3/b11-6+. The Hall–Kier alpha value is -0.840. The molecular weight excluding hydrogens is 378 g/mol. The number of esters is 1. The number of piperidine rings is 3. The first-order valence-electron chi connectivity index (χ1n) is 8.07. The summed E-state index contributed by atoms with van der Waals surface area (Å²) >= 11 is 9.63. The molecule has 5 unspecified atom stereocenters. The molecule has 0 N–H and O–H groups in total. The summed E-state index contributed by atoms with van der Waals surface area (Å²) in [5.41, 5.74) is 2.44. The van der Waals surface area contributed by atoms with Gasteiger partial charge in [-0.05, 0) is 58.8 Å². The Morgan fingerprint density at radius 3 is 3.00 bits per heavy atom. The van der Waals surface area contributed by atoms with Crippen LogP contribution in [-0.4, -0.2) is 36.6 Å². The van der Waals surface area contributed by atoms with E-state index in [1.54, 1.807) is 0 Å². The Labute approximate surface area is 149 Å². The molecule has 4 heterocycles. The van der Waals surface area contributed by atoms with E-state index in [1.165, 1.54) is 19.1 Å². The molecule has 4 fully saturated rings. The number of carbonyl (C=O) groups is 1. The van der Waals surface area contributed by atoms with Crippen molar-refractivity contribution in [3.63, 3.8) is 0 Å². The SMILES string of the molecule is COC(=O)C1C2CC3CCC1N3C/C2=C\c1ccc(Br)c(Cl)c1. The summed E-state index contributed by atoms with van der Waals surface area (Å²) < 4.78 is 6.01. The number of nitrogens with zero attached hydrogens (tertiary/aromatic N) is 1. The smallest absolute Gasteiger partial charge is 0.310 e. The average Bonchev–Trinajstić information content (AvgIpc) is 2.85. The summed E-state index contributed by atoms with van der Waals surface area (Å²) in [7, 11) is 1.50. The molecule has 0 radical (unpaired) electrons. The summed E-state index contributed by atoms with van der Waals surface area (Å²) in [5, 5.41) is 0.713. The Bertz CT molecular complexity index is 690. The summed E-state index contributed by atoms with van der Waals surface area (Å²) in [5.74, 6) is 0.252. The van der Waals surface area contributed by atoms with Gasteiger partial charge in [0.05, 0.1) is 18.1 Å². The maximum absolute atomic E-state index is 12.3. The molecule has 5 heteroatoms. The molecule has 4 bridgehead atoms. The van der Waals surface area contributed by atoms with Crippen LogP contribution >= 0.6 is 27.5 Å². The lowest BCUT2D eigenvalue weighted by Gasteiger charge is -2.50. The highest BCUT2D eigenvalue weighted by Gasteiger charge is 2.55. The van der Waals surface area contributed by atoms with Gasteiger partial charge in [-0.3, -0.25) is 9.69 Å². The zero-order chi connectivity index (χ0) is 16.1. The summed E-state index contributed by atoms with van der Waals surface area (Å²) in [6.45, 7) is 0.973. The molecule has 1 aromatic carbocycles. The van der Waals surface area contributed by atoms with Crippen molar-refractivity contribution in [1.82, 2.24) is 4.90 Å². The number of benzene rings is 1. The monoisotopic (exact) mass is 395 g/mol. The molecule has 4 aliphatic rings. The summed E-state index contributed by atoms with van der Waals surface area (Å²) in [6.07, 6.45) is 5.63. The molecule has 0 aliphatic carbocycles. The van der Waals surface area contributed by atoms with Crippen molar-refractivity contribution in [3.8, 4) is 0 Å². The third kappa shape index (κ3) is 2.55.